The van der Waals surface area contributed by atoms with Crippen molar-refractivity contribution in [3.05, 3.63) is 67.0 Å². The first kappa shape index (κ1) is 17.9. The number of nitrogens with zero attached hydrogens (tertiary/aromatic N) is 1. The molecular weight excluding hydrogens is 397 g/mol. The molecule has 0 amide bonds. The van der Waals surface area contributed by atoms with Crippen LogP contribution in [-0.2, 0) is 19.4 Å². The molecule has 0 radical (unpaired) electrons. The Morgan fingerprint density at radius 2 is 1.82 bits per heavy atom. The van der Waals surface area contributed by atoms with E-state index in [9.17, 15) is 4.79 Å². The van der Waals surface area contributed by atoms with E-state index >= 15 is 0 Å². The normalized spacial score (nSPS) is 15.9. The molecule has 28 heavy (non-hydrogen) atoms. The zero-order valence-electron chi connectivity index (χ0n) is 15.5. The van der Waals surface area contributed by atoms with E-state index in [1.165, 1.54) is 0 Å². The second-order valence-corrected chi connectivity index (χ2v) is 8.34. The topological polar surface area (TPSA) is 42.7 Å². The number of halogens is 2. The molecule has 0 N–H and O–H groups in total. The zero-order chi connectivity index (χ0) is 19.4. The summed E-state index contributed by atoms with van der Waals surface area (Å²) in [4.78, 5) is 14.7. The minimum atomic E-state index is -0.234. The van der Waals surface area contributed by atoms with E-state index in [1.807, 2.05) is 31.2 Å². The van der Waals surface area contributed by atoms with Crippen LogP contribution in [-0.4, -0.2) is 6.73 Å². The van der Waals surface area contributed by atoms with Crippen LogP contribution >= 0.6 is 23.2 Å². The average molecular weight is 416 g/mol. The van der Waals surface area contributed by atoms with Crippen LogP contribution < -0.4 is 15.3 Å². The van der Waals surface area contributed by atoms with Crippen LogP contribution in [0.4, 0.5) is 5.69 Å². The predicted octanol–water partition coefficient (Wildman–Crippen LogP) is 5.64. The zero-order valence-corrected chi connectivity index (χ0v) is 17.0. The SMILES string of the molecule is Cc1ccc(Cl)cc1N1COc2c(Cl)cc3c4c(c(=O)oc3c2C1)CCCC4. The highest BCUT2D eigenvalue weighted by molar-refractivity contribution is 6.33. The van der Waals surface area contributed by atoms with Crippen molar-refractivity contribution in [2.75, 3.05) is 11.6 Å². The van der Waals surface area contributed by atoms with Gasteiger partial charge in [-0.25, -0.2) is 4.79 Å². The summed E-state index contributed by atoms with van der Waals surface area (Å²) in [6.45, 7) is 2.93. The summed E-state index contributed by atoms with van der Waals surface area (Å²) in [7, 11) is 0. The third-order valence-electron chi connectivity index (χ3n) is 5.74. The van der Waals surface area contributed by atoms with E-state index < -0.39 is 0 Å². The Bertz CT molecular complexity index is 1170. The highest BCUT2D eigenvalue weighted by Gasteiger charge is 2.28. The van der Waals surface area contributed by atoms with E-state index in [0.717, 1.165) is 59.0 Å². The minimum Gasteiger partial charge on any atom is -0.471 e. The maximum Gasteiger partial charge on any atom is 0.339 e. The monoisotopic (exact) mass is 415 g/mol. The molecule has 0 atom stereocenters. The first-order chi connectivity index (χ1) is 13.5. The standard InChI is InChI=1S/C22H19Cl2NO3/c1-12-6-7-13(23)8-19(12)25-10-17-20-16(9-18(24)21(17)27-11-25)14-4-2-3-5-15(14)22(26)28-20/h6-9H,2-5,10-11H2,1H3. The molecule has 3 aromatic rings. The summed E-state index contributed by atoms with van der Waals surface area (Å²) in [6, 6.07) is 7.68. The number of benzene rings is 2. The van der Waals surface area contributed by atoms with Crippen molar-refractivity contribution in [3.8, 4) is 5.75 Å². The minimum absolute atomic E-state index is 0.234. The number of hydrogen-bond donors (Lipinski definition) is 0. The Labute approximate surface area is 172 Å². The summed E-state index contributed by atoms with van der Waals surface area (Å²) in [5.74, 6) is 0.601. The first-order valence-electron chi connectivity index (χ1n) is 9.47. The Kier molecular flexibility index (Phi) is 4.29. The number of anilines is 1. The fourth-order valence-electron chi connectivity index (χ4n) is 4.35. The molecule has 0 saturated carbocycles. The smallest absolute Gasteiger partial charge is 0.339 e. The van der Waals surface area contributed by atoms with E-state index in [-0.39, 0.29) is 5.63 Å². The molecular formula is C22H19Cl2NO3. The summed E-state index contributed by atoms with van der Waals surface area (Å²) in [5, 5.41) is 2.17. The van der Waals surface area contributed by atoms with Crippen LogP contribution in [0.1, 0.15) is 35.1 Å². The van der Waals surface area contributed by atoms with Gasteiger partial charge in [0, 0.05) is 21.7 Å². The lowest BCUT2D eigenvalue weighted by molar-refractivity contribution is 0.289. The molecule has 2 heterocycles. The number of hydrogen-bond acceptors (Lipinski definition) is 4. The molecule has 0 saturated heterocycles. The Morgan fingerprint density at radius 1 is 1.04 bits per heavy atom. The third-order valence-corrected chi connectivity index (χ3v) is 6.26. The van der Waals surface area contributed by atoms with Gasteiger partial charge in [-0.3, -0.25) is 0 Å². The van der Waals surface area contributed by atoms with Crippen LogP contribution in [0.2, 0.25) is 10.0 Å². The number of aryl methyl sites for hydroxylation is 2. The van der Waals surface area contributed by atoms with Crippen LogP contribution in [0.5, 0.6) is 5.75 Å². The van der Waals surface area contributed by atoms with Crippen molar-refractivity contribution in [3.63, 3.8) is 0 Å². The Hall–Kier alpha value is -2.17. The molecule has 2 aliphatic rings. The maximum atomic E-state index is 12.6. The second-order valence-electron chi connectivity index (χ2n) is 7.50. The van der Waals surface area contributed by atoms with Gasteiger partial charge in [-0.1, -0.05) is 29.3 Å². The predicted molar refractivity (Wildman–Crippen MR) is 112 cm³/mol. The van der Waals surface area contributed by atoms with Gasteiger partial charge in [-0.05, 0) is 61.9 Å². The highest BCUT2D eigenvalue weighted by Crippen LogP contribution is 2.42. The van der Waals surface area contributed by atoms with Crippen LogP contribution in [0.3, 0.4) is 0 Å². The summed E-state index contributed by atoms with van der Waals surface area (Å²) in [5.41, 5.74) is 5.15. The van der Waals surface area contributed by atoms with Gasteiger partial charge in [0.1, 0.15) is 11.3 Å². The Morgan fingerprint density at radius 3 is 2.64 bits per heavy atom. The van der Waals surface area contributed by atoms with Crippen LogP contribution in [0.25, 0.3) is 11.0 Å². The van der Waals surface area contributed by atoms with Crippen LogP contribution in [0, 0.1) is 6.92 Å². The first-order valence-corrected chi connectivity index (χ1v) is 10.2. The van der Waals surface area contributed by atoms with Gasteiger partial charge in [-0.15, -0.1) is 0 Å². The maximum absolute atomic E-state index is 12.6. The average Bonchev–Trinajstić information content (AvgIpc) is 2.71. The van der Waals surface area contributed by atoms with Crippen molar-refractivity contribution in [1.29, 1.82) is 0 Å². The summed E-state index contributed by atoms with van der Waals surface area (Å²) in [6.07, 6.45) is 3.74. The van der Waals surface area contributed by atoms with Gasteiger partial charge in [0.15, 0.2) is 6.73 Å². The van der Waals surface area contributed by atoms with Gasteiger partial charge in [-0.2, -0.15) is 0 Å². The van der Waals surface area contributed by atoms with Gasteiger partial charge in [0.2, 0.25) is 0 Å². The van der Waals surface area contributed by atoms with E-state index in [4.69, 9.17) is 32.4 Å². The molecule has 0 unspecified atom stereocenters. The molecule has 5 rings (SSSR count). The molecule has 1 aliphatic carbocycles. The van der Waals surface area contributed by atoms with Gasteiger partial charge < -0.3 is 14.1 Å². The van der Waals surface area contributed by atoms with E-state index in [0.29, 0.717) is 34.7 Å². The van der Waals surface area contributed by atoms with Gasteiger partial charge >= 0.3 is 5.63 Å². The van der Waals surface area contributed by atoms with E-state index in [1.54, 1.807) is 0 Å². The van der Waals surface area contributed by atoms with Gasteiger partial charge in [0.25, 0.3) is 0 Å². The van der Waals surface area contributed by atoms with Crippen molar-refractivity contribution in [1.82, 2.24) is 0 Å². The largest absolute Gasteiger partial charge is 0.471 e. The lowest BCUT2D eigenvalue weighted by Crippen LogP contribution is -2.33. The Balaban J connectivity index is 1.70. The van der Waals surface area contributed by atoms with Crippen molar-refractivity contribution >= 4 is 39.9 Å². The molecule has 144 valence electrons. The fourth-order valence-corrected chi connectivity index (χ4v) is 4.79. The molecule has 4 nitrogen and oxygen atoms in total. The van der Waals surface area contributed by atoms with Crippen molar-refractivity contribution < 1.29 is 9.15 Å². The quantitative estimate of drug-likeness (QED) is 0.482. The van der Waals surface area contributed by atoms with E-state index in [2.05, 4.69) is 4.90 Å². The summed E-state index contributed by atoms with van der Waals surface area (Å²) < 4.78 is 11.8. The van der Waals surface area contributed by atoms with Crippen molar-refractivity contribution in [2.45, 2.75) is 39.2 Å². The molecule has 0 bridgehead atoms. The number of fused-ring (bicyclic) bond motifs is 5. The molecule has 1 aromatic heterocycles. The fraction of sp³-hybridized carbons (Fsp3) is 0.318. The molecule has 6 heteroatoms. The molecule has 0 spiro atoms. The molecule has 1 aliphatic heterocycles. The number of ether oxygens (including phenoxy) is 1. The van der Waals surface area contributed by atoms with Gasteiger partial charge in [0.05, 0.1) is 17.1 Å². The van der Waals surface area contributed by atoms with Crippen LogP contribution in [0.15, 0.2) is 33.5 Å². The lowest BCUT2D eigenvalue weighted by Gasteiger charge is -2.33. The third kappa shape index (κ3) is 2.78. The summed E-state index contributed by atoms with van der Waals surface area (Å²) >= 11 is 12.8. The van der Waals surface area contributed by atoms with Crippen molar-refractivity contribution in [2.24, 2.45) is 0 Å². The molecule has 0 fully saturated rings. The second kappa shape index (κ2) is 6.71. The molecule has 2 aromatic carbocycles. The highest BCUT2D eigenvalue weighted by atomic mass is 35.5. The number of rotatable bonds is 1. The lowest BCUT2D eigenvalue weighted by atomic mass is 9.89.